The molecule has 2 fully saturated rings. The van der Waals surface area contributed by atoms with Gasteiger partial charge in [0.05, 0.1) is 14.2 Å². The Bertz CT molecular complexity index is 1060. The summed E-state index contributed by atoms with van der Waals surface area (Å²) in [4.78, 5) is 12.5. The van der Waals surface area contributed by atoms with Gasteiger partial charge in [0.2, 0.25) is 10.0 Å². The third-order valence-electron chi connectivity index (χ3n) is 5.70. The molecule has 1 aromatic carbocycles. The molecule has 2 heterocycles. The van der Waals surface area contributed by atoms with Gasteiger partial charge in [-0.25, -0.2) is 17.9 Å². The van der Waals surface area contributed by atoms with Crippen molar-refractivity contribution in [2.24, 2.45) is 7.05 Å². The van der Waals surface area contributed by atoms with Crippen LogP contribution >= 0.6 is 0 Å². The van der Waals surface area contributed by atoms with Gasteiger partial charge in [-0.1, -0.05) is 0 Å². The van der Waals surface area contributed by atoms with Crippen LogP contribution in [0.25, 0.3) is 0 Å². The lowest BCUT2D eigenvalue weighted by molar-refractivity contribution is 0.306. The minimum absolute atomic E-state index is 0.0724. The number of ether oxygens (including phenoxy) is 2. The Kier molecular flexibility index (Phi) is 5.16. The first-order chi connectivity index (χ1) is 13.9. The highest BCUT2D eigenvalue weighted by Gasteiger charge is 2.36. The molecule has 10 heteroatoms. The van der Waals surface area contributed by atoms with Crippen molar-refractivity contribution in [3.05, 3.63) is 34.5 Å². The fourth-order valence-corrected chi connectivity index (χ4v) is 5.57. The Labute approximate surface area is 169 Å². The second kappa shape index (κ2) is 7.49. The fourth-order valence-electron chi connectivity index (χ4n) is 3.93. The molecular formula is C19H26N4O5S. The Hall–Kier alpha value is -2.33. The lowest BCUT2D eigenvalue weighted by Gasteiger charge is -2.31. The zero-order valence-electron chi connectivity index (χ0n) is 16.9. The molecule has 158 valence electrons. The summed E-state index contributed by atoms with van der Waals surface area (Å²) in [5.41, 5.74) is -0.0846. The van der Waals surface area contributed by atoms with E-state index in [4.69, 9.17) is 9.47 Å². The van der Waals surface area contributed by atoms with Gasteiger partial charge < -0.3 is 9.47 Å². The first-order valence-electron chi connectivity index (χ1n) is 9.74. The predicted molar refractivity (Wildman–Crippen MR) is 106 cm³/mol. The normalized spacial score (nSPS) is 18.7. The van der Waals surface area contributed by atoms with E-state index in [9.17, 15) is 13.2 Å². The minimum Gasteiger partial charge on any atom is -0.497 e. The quantitative estimate of drug-likeness (QED) is 0.700. The molecule has 1 aliphatic carbocycles. The highest BCUT2D eigenvalue weighted by atomic mass is 32.2. The number of aromatic nitrogens is 3. The van der Waals surface area contributed by atoms with Crippen molar-refractivity contribution in [3.8, 4) is 11.5 Å². The summed E-state index contributed by atoms with van der Waals surface area (Å²) in [5.74, 6) is 1.61. The molecule has 1 saturated carbocycles. The van der Waals surface area contributed by atoms with Crippen molar-refractivity contribution in [1.82, 2.24) is 18.7 Å². The van der Waals surface area contributed by atoms with Crippen molar-refractivity contribution in [2.45, 2.75) is 42.5 Å². The Morgan fingerprint density at radius 2 is 1.76 bits per heavy atom. The molecule has 0 atom stereocenters. The molecule has 29 heavy (non-hydrogen) atoms. The van der Waals surface area contributed by atoms with Gasteiger partial charge in [-0.15, -0.1) is 0 Å². The average molecular weight is 423 g/mol. The maximum atomic E-state index is 13.2. The number of benzene rings is 1. The van der Waals surface area contributed by atoms with Gasteiger partial charge in [-0.3, -0.25) is 4.57 Å². The van der Waals surface area contributed by atoms with Crippen LogP contribution in [-0.4, -0.2) is 54.4 Å². The van der Waals surface area contributed by atoms with E-state index >= 15 is 0 Å². The molecule has 1 aromatic heterocycles. The summed E-state index contributed by atoms with van der Waals surface area (Å²) in [5, 5.41) is 4.45. The molecule has 1 aliphatic heterocycles. The lowest BCUT2D eigenvalue weighted by atomic mass is 9.97. The Balaban J connectivity index is 1.56. The van der Waals surface area contributed by atoms with E-state index in [1.165, 1.54) is 29.3 Å². The lowest BCUT2D eigenvalue weighted by Crippen LogP contribution is -2.38. The van der Waals surface area contributed by atoms with Crippen molar-refractivity contribution in [1.29, 1.82) is 0 Å². The average Bonchev–Trinajstić information content (AvgIpc) is 3.53. The molecule has 1 saturated heterocycles. The number of methoxy groups -OCH3 is 2. The van der Waals surface area contributed by atoms with Crippen LogP contribution in [0.5, 0.6) is 11.5 Å². The first kappa shape index (κ1) is 20.0. The predicted octanol–water partition coefficient (Wildman–Crippen LogP) is 1.50. The summed E-state index contributed by atoms with van der Waals surface area (Å²) in [7, 11) is 0.886. The minimum atomic E-state index is -3.73. The van der Waals surface area contributed by atoms with Crippen LogP contribution in [0.3, 0.4) is 0 Å². The Morgan fingerprint density at radius 3 is 2.34 bits per heavy atom. The van der Waals surface area contributed by atoms with Gasteiger partial charge in [0.1, 0.15) is 22.2 Å². The van der Waals surface area contributed by atoms with Crippen LogP contribution in [0.2, 0.25) is 0 Å². The molecule has 0 amide bonds. The van der Waals surface area contributed by atoms with E-state index in [-0.39, 0.29) is 22.5 Å². The highest BCUT2D eigenvalue weighted by Crippen LogP contribution is 2.38. The van der Waals surface area contributed by atoms with Gasteiger partial charge in [0, 0.05) is 38.2 Å². The zero-order valence-corrected chi connectivity index (χ0v) is 17.7. The van der Waals surface area contributed by atoms with Gasteiger partial charge in [0.25, 0.3) is 0 Å². The van der Waals surface area contributed by atoms with Crippen molar-refractivity contribution < 1.29 is 17.9 Å². The maximum Gasteiger partial charge on any atom is 0.345 e. The number of nitrogens with zero attached hydrogens (tertiary/aromatic N) is 4. The van der Waals surface area contributed by atoms with E-state index < -0.39 is 10.0 Å². The molecule has 0 bridgehead atoms. The molecule has 2 aromatic rings. The maximum absolute atomic E-state index is 13.2. The zero-order chi connectivity index (χ0) is 20.8. The highest BCUT2D eigenvalue weighted by molar-refractivity contribution is 7.89. The van der Waals surface area contributed by atoms with E-state index in [1.54, 1.807) is 23.7 Å². The van der Waals surface area contributed by atoms with E-state index in [0.717, 1.165) is 18.7 Å². The van der Waals surface area contributed by atoms with Crippen LogP contribution in [0.4, 0.5) is 0 Å². The van der Waals surface area contributed by atoms with Crippen molar-refractivity contribution in [3.63, 3.8) is 0 Å². The number of piperidine rings is 1. The number of sulfonamides is 1. The third-order valence-corrected chi connectivity index (χ3v) is 7.62. The fraction of sp³-hybridized carbons (Fsp3) is 0.579. The van der Waals surface area contributed by atoms with Gasteiger partial charge in [0.15, 0.2) is 0 Å². The van der Waals surface area contributed by atoms with Crippen LogP contribution in [-0.2, 0) is 17.1 Å². The van der Waals surface area contributed by atoms with Crippen LogP contribution in [0, 0.1) is 0 Å². The van der Waals surface area contributed by atoms with Gasteiger partial charge in [-0.2, -0.15) is 9.40 Å². The van der Waals surface area contributed by atoms with E-state index in [0.29, 0.717) is 37.4 Å². The molecule has 2 aliphatic rings. The summed E-state index contributed by atoms with van der Waals surface area (Å²) in [6, 6.07) is 5.00. The third kappa shape index (κ3) is 3.55. The topological polar surface area (TPSA) is 95.7 Å². The SMILES string of the molecule is COc1ccc(OC)c(S(=O)(=O)N2CCC(c3nn(C)c(=O)n3C3CC3)CC2)c1. The van der Waals surface area contributed by atoms with Crippen LogP contribution in [0.15, 0.2) is 27.9 Å². The van der Waals surface area contributed by atoms with E-state index in [2.05, 4.69) is 5.10 Å². The van der Waals surface area contributed by atoms with Gasteiger partial charge >= 0.3 is 5.69 Å². The number of hydrogen-bond donors (Lipinski definition) is 0. The number of aryl methyl sites for hydroxylation is 1. The molecule has 0 unspecified atom stereocenters. The molecule has 0 spiro atoms. The summed E-state index contributed by atoms with van der Waals surface area (Å²) in [6.45, 7) is 0.728. The second-order valence-corrected chi connectivity index (χ2v) is 9.47. The van der Waals surface area contributed by atoms with Crippen molar-refractivity contribution in [2.75, 3.05) is 27.3 Å². The molecule has 9 nitrogen and oxygen atoms in total. The van der Waals surface area contributed by atoms with Gasteiger partial charge in [-0.05, 0) is 37.8 Å². The number of rotatable bonds is 6. The Morgan fingerprint density at radius 1 is 1.07 bits per heavy atom. The summed E-state index contributed by atoms with van der Waals surface area (Å²) in [6.07, 6.45) is 3.24. The summed E-state index contributed by atoms with van der Waals surface area (Å²) >= 11 is 0. The first-order valence-corrected chi connectivity index (χ1v) is 11.2. The van der Waals surface area contributed by atoms with Crippen LogP contribution < -0.4 is 15.2 Å². The van der Waals surface area contributed by atoms with E-state index in [1.807, 2.05) is 0 Å². The molecule has 4 rings (SSSR count). The van der Waals surface area contributed by atoms with Crippen molar-refractivity contribution >= 4 is 10.0 Å². The smallest absolute Gasteiger partial charge is 0.345 e. The summed E-state index contributed by atoms with van der Waals surface area (Å²) < 4.78 is 41.6. The molecular weight excluding hydrogens is 396 g/mol. The second-order valence-electron chi connectivity index (χ2n) is 7.56. The molecule has 0 radical (unpaired) electrons. The number of hydrogen-bond acceptors (Lipinski definition) is 6. The largest absolute Gasteiger partial charge is 0.497 e. The molecule has 0 N–H and O–H groups in total. The van der Waals surface area contributed by atoms with Crippen LogP contribution in [0.1, 0.15) is 43.5 Å². The standard InChI is InChI=1S/C19H26N4O5S/c1-21-19(24)23(14-4-5-14)18(20-21)13-8-10-22(11-9-13)29(25,26)17-12-15(27-2)6-7-16(17)28-3/h6-7,12-14H,4-5,8-11H2,1-3H3. The monoisotopic (exact) mass is 422 g/mol.